The fraction of sp³-hybridized carbons (Fsp3) is 0.571. The molecule has 0 aliphatic carbocycles. The number of esters is 1. The summed E-state index contributed by atoms with van der Waals surface area (Å²) in [7, 11) is 0.966. The molecule has 1 aromatic heterocycles. The number of hydrogen-bond donors (Lipinski definition) is 0. The predicted molar refractivity (Wildman–Crippen MR) is 71.9 cm³/mol. The molecule has 26 heavy (non-hydrogen) atoms. The number of halogens is 6. The summed E-state index contributed by atoms with van der Waals surface area (Å²) in [6, 6.07) is 2.82. The van der Waals surface area contributed by atoms with Gasteiger partial charge in [-0.1, -0.05) is 0 Å². The first-order valence-corrected chi connectivity index (χ1v) is 6.95. The molecule has 0 aliphatic rings. The molecule has 6 nitrogen and oxygen atoms in total. The van der Waals surface area contributed by atoms with Crippen LogP contribution in [0.25, 0.3) is 0 Å². The zero-order valence-corrected chi connectivity index (χ0v) is 13.3. The summed E-state index contributed by atoms with van der Waals surface area (Å²) in [5.74, 6) is -0.987. The summed E-state index contributed by atoms with van der Waals surface area (Å²) in [4.78, 5) is 11.2. The molecule has 142 valence electrons. The van der Waals surface area contributed by atoms with E-state index in [4.69, 9.17) is 10.5 Å². The van der Waals surface area contributed by atoms with Crippen molar-refractivity contribution < 1.29 is 35.9 Å². The fourth-order valence-electron chi connectivity index (χ4n) is 2.06. The highest BCUT2D eigenvalue weighted by atomic mass is 19.4. The second-order valence-electron chi connectivity index (χ2n) is 5.37. The SMILES string of the molecule is COC(=O)Cc1cn(CC(C#N)(C#N)CCC(F)(F)F)nc1C(F)(F)F. The Bertz CT molecular complexity index is 725. The molecule has 12 heteroatoms. The standard InChI is InChI=1S/C14H12F6N4O2/c1-26-10(25)4-9-5-24(23-11(9)14(18,19)20)8-12(6-21,7-22)2-3-13(15,16)17/h5H,2-4,8H2,1H3. The monoisotopic (exact) mass is 382 g/mol. The number of rotatable bonds is 6. The van der Waals surface area contributed by atoms with Crippen LogP contribution in [-0.2, 0) is 28.7 Å². The van der Waals surface area contributed by atoms with E-state index < -0.39 is 60.8 Å². The molecule has 0 fully saturated rings. The zero-order chi connectivity index (χ0) is 20.2. The van der Waals surface area contributed by atoms with E-state index in [-0.39, 0.29) is 0 Å². The summed E-state index contributed by atoms with van der Waals surface area (Å²) in [5.41, 5.74) is -4.25. The van der Waals surface area contributed by atoms with E-state index in [2.05, 4.69) is 9.84 Å². The largest absolute Gasteiger partial charge is 0.469 e. The number of carbonyl (C=O) groups is 1. The third kappa shape index (κ3) is 5.65. The smallest absolute Gasteiger partial charge is 0.435 e. The number of aromatic nitrogens is 2. The van der Waals surface area contributed by atoms with Crippen LogP contribution >= 0.6 is 0 Å². The number of ether oxygens (including phenoxy) is 1. The molecule has 0 aliphatic heterocycles. The lowest BCUT2D eigenvalue weighted by atomic mass is 9.86. The van der Waals surface area contributed by atoms with Crippen molar-refractivity contribution in [2.45, 2.75) is 38.2 Å². The van der Waals surface area contributed by atoms with Gasteiger partial charge in [0.2, 0.25) is 0 Å². The summed E-state index contributed by atoms with van der Waals surface area (Å²) in [6.07, 6.45) is -12.0. The number of nitrogens with zero attached hydrogens (tertiary/aromatic N) is 4. The van der Waals surface area contributed by atoms with Gasteiger partial charge in [0.15, 0.2) is 11.1 Å². The van der Waals surface area contributed by atoms with Crippen LogP contribution in [-0.4, -0.2) is 29.0 Å². The van der Waals surface area contributed by atoms with Crippen LogP contribution in [0.1, 0.15) is 24.1 Å². The molecular formula is C14H12F6N4O2. The Morgan fingerprint density at radius 3 is 2.19 bits per heavy atom. The van der Waals surface area contributed by atoms with E-state index in [1.54, 1.807) is 0 Å². The van der Waals surface area contributed by atoms with E-state index in [0.717, 1.165) is 13.3 Å². The Kier molecular flexibility index (Phi) is 6.25. The topological polar surface area (TPSA) is 91.7 Å². The van der Waals surface area contributed by atoms with Gasteiger partial charge in [-0.3, -0.25) is 9.48 Å². The fourth-order valence-corrected chi connectivity index (χ4v) is 2.06. The van der Waals surface area contributed by atoms with Crippen LogP contribution in [0.3, 0.4) is 0 Å². The van der Waals surface area contributed by atoms with Crippen molar-refractivity contribution in [1.82, 2.24) is 9.78 Å². The van der Waals surface area contributed by atoms with Gasteiger partial charge >= 0.3 is 18.3 Å². The number of carbonyl (C=O) groups excluding carboxylic acids is 1. The predicted octanol–water partition coefficient (Wildman–Crippen LogP) is 2.99. The van der Waals surface area contributed by atoms with Crippen LogP contribution in [0.15, 0.2) is 6.20 Å². The molecule has 1 heterocycles. The third-order valence-corrected chi connectivity index (χ3v) is 3.36. The number of methoxy groups -OCH3 is 1. The van der Waals surface area contributed by atoms with Crippen molar-refractivity contribution in [2.24, 2.45) is 5.41 Å². The molecule has 0 N–H and O–H groups in total. The van der Waals surface area contributed by atoms with Gasteiger partial charge < -0.3 is 4.74 Å². The highest BCUT2D eigenvalue weighted by Crippen LogP contribution is 2.34. The average molecular weight is 382 g/mol. The molecule has 0 unspecified atom stereocenters. The first-order valence-electron chi connectivity index (χ1n) is 6.95. The van der Waals surface area contributed by atoms with Gasteiger partial charge in [0, 0.05) is 18.2 Å². The number of hydrogen-bond acceptors (Lipinski definition) is 5. The lowest BCUT2D eigenvalue weighted by Crippen LogP contribution is -2.26. The van der Waals surface area contributed by atoms with Gasteiger partial charge in [-0.15, -0.1) is 0 Å². The van der Waals surface area contributed by atoms with E-state index in [1.165, 1.54) is 12.1 Å². The van der Waals surface area contributed by atoms with Crippen molar-refractivity contribution in [3.05, 3.63) is 17.5 Å². The molecule has 0 spiro atoms. The first-order chi connectivity index (χ1) is 11.9. The molecule has 0 saturated heterocycles. The molecule has 0 aromatic carbocycles. The molecule has 0 radical (unpaired) electrons. The van der Waals surface area contributed by atoms with E-state index in [0.29, 0.717) is 4.68 Å². The lowest BCUT2D eigenvalue weighted by molar-refractivity contribution is -0.143. The molecule has 0 atom stereocenters. The van der Waals surface area contributed by atoms with Gasteiger partial charge in [0.25, 0.3) is 0 Å². The summed E-state index contributed by atoms with van der Waals surface area (Å²) < 4.78 is 80.9. The summed E-state index contributed by atoms with van der Waals surface area (Å²) in [5, 5.41) is 21.3. The van der Waals surface area contributed by atoms with Gasteiger partial charge in [0.05, 0.1) is 32.2 Å². The highest BCUT2D eigenvalue weighted by Gasteiger charge is 2.40. The minimum Gasteiger partial charge on any atom is -0.469 e. The van der Waals surface area contributed by atoms with Gasteiger partial charge in [-0.2, -0.15) is 42.0 Å². The van der Waals surface area contributed by atoms with Crippen LogP contribution in [0.2, 0.25) is 0 Å². The molecule has 0 saturated carbocycles. The second kappa shape index (κ2) is 7.64. The van der Waals surface area contributed by atoms with E-state index in [1.807, 2.05) is 0 Å². The van der Waals surface area contributed by atoms with Crippen molar-refractivity contribution in [1.29, 1.82) is 10.5 Å². The Morgan fingerprint density at radius 1 is 1.19 bits per heavy atom. The van der Waals surface area contributed by atoms with E-state index >= 15 is 0 Å². The minimum absolute atomic E-state index is 0.546. The zero-order valence-electron chi connectivity index (χ0n) is 13.3. The Morgan fingerprint density at radius 2 is 1.77 bits per heavy atom. The molecule has 1 rings (SSSR count). The maximum atomic E-state index is 13.0. The van der Waals surface area contributed by atoms with E-state index in [9.17, 15) is 31.1 Å². The third-order valence-electron chi connectivity index (χ3n) is 3.36. The van der Waals surface area contributed by atoms with Gasteiger partial charge in [-0.25, -0.2) is 0 Å². The van der Waals surface area contributed by atoms with Crippen molar-refractivity contribution in [3.63, 3.8) is 0 Å². The Hall–Kier alpha value is -2.76. The molecule has 1 aromatic rings. The van der Waals surface area contributed by atoms with Crippen molar-refractivity contribution >= 4 is 5.97 Å². The van der Waals surface area contributed by atoms with Gasteiger partial charge in [0.1, 0.15) is 0 Å². The number of alkyl halides is 6. The second-order valence-corrected chi connectivity index (χ2v) is 5.37. The summed E-state index contributed by atoms with van der Waals surface area (Å²) >= 11 is 0. The van der Waals surface area contributed by atoms with Crippen molar-refractivity contribution in [3.8, 4) is 12.1 Å². The van der Waals surface area contributed by atoms with Crippen LogP contribution in [0.5, 0.6) is 0 Å². The molecule has 0 bridgehead atoms. The van der Waals surface area contributed by atoms with Gasteiger partial charge in [-0.05, 0) is 6.42 Å². The molecule has 0 amide bonds. The maximum absolute atomic E-state index is 13.0. The normalized spacial score (nSPS) is 12.3. The minimum atomic E-state index is -4.94. The lowest BCUT2D eigenvalue weighted by Gasteiger charge is -2.19. The molecular weight excluding hydrogens is 370 g/mol. The first kappa shape index (κ1) is 21.3. The quantitative estimate of drug-likeness (QED) is 0.557. The summed E-state index contributed by atoms with van der Waals surface area (Å²) in [6.45, 7) is -0.819. The Labute approximate surface area is 143 Å². The maximum Gasteiger partial charge on any atom is 0.435 e. The Balaban J connectivity index is 3.19. The van der Waals surface area contributed by atoms with Crippen molar-refractivity contribution in [2.75, 3.05) is 7.11 Å². The van der Waals surface area contributed by atoms with Crippen LogP contribution < -0.4 is 0 Å². The van der Waals surface area contributed by atoms with Crippen LogP contribution in [0.4, 0.5) is 26.3 Å². The van der Waals surface area contributed by atoms with Crippen LogP contribution in [0, 0.1) is 28.1 Å². The number of nitriles is 2. The average Bonchev–Trinajstić information content (AvgIpc) is 2.93. The highest BCUT2D eigenvalue weighted by molar-refractivity contribution is 5.72.